The van der Waals surface area contributed by atoms with Crippen LogP contribution in [0.1, 0.15) is 36.2 Å². The summed E-state index contributed by atoms with van der Waals surface area (Å²) in [7, 11) is 0. The Bertz CT molecular complexity index is 330. The minimum atomic E-state index is 0.00801. The van der Waals surface area contributed by atoms with E-state index in [0.29, 0.717) is 0 Å². The molecule has 2 N–H and O–H groups in total. The maximum Gasteiger partial charge on any atom is 0.0590 e. The van der Waals surface area contributed by atoms with Crippen molar-refractivity contribution in [1.82, 2.24) is 0 Å². The van der Waals surface area contributed by atoms with Gasteiger partial charge in [0.2, 0.25) is 0 Å². The van der Waals surface area contributed by atoms with Gasteiger partial charge < -0.3 is 5.73 Å². The van der Waals surface area contributed by atoms with E-state index in [9.17, 15) is 0 Å². The maximum absolute atomic E-state index is 6.13. The van der Waals surface area contributed by atoms with Gasteiger partial charge >= 0.3 is 0 Å². The fourth-order valence-corrected chi connectivity index (χ4v) is 2.59. The van der Waals surface area contributed by atoms with Crippen molar-refractivity contribution in [2.75, 3.05) is 0 Å². The molecule has 0 saturated heterocycles. The largest absolute Gasteiger partial charge is 0.323 e. The van der Waals surface area contributed by atoms with Crippen LogP contribution < -0.4 is 5.73 Å². The van der Waals surface area contributed by atoms with Crippen LogP contribution in [0.15, 0.2) is 17.5 Å². The monoisotopic (exact) mass is 229 g/mol. The molecule has 0 amide bonds. The quantitative estimate of drug-likeness (QED) is 0.774. The van der Waals surface area contributed by atoms with E-state index in [1.54, 1.807) is 11.3 Å². The lowest BCUT2D eigenvalue weighted by atomic mass is 10.0. The predicted molar refractivity (Wildman–Crippen MR) is 65.0 cm³/mol. The Kier molecular flexibility index (Phi) is 4.17. The van der Waals surface area contributed by atoms with Gasteiger partial charge in [-0.05, 0) is 30.7 Å². The molecular formula is C11H16ClNS. The average Bonchev–Trinajstić information content (AvgIpc) is 2.47. The van der Waals surface area contributed by atoms with Crippen LogP contribution in [0.3, 0.4) is 0 Å². The van der Waals surface area contributed by atoms with Crippen LogP contribution in [-0.2, 0) is 0 Å². The molecule has 3 heteroatoms. The molecule has 0 bridgehead atoms. The highest BCUT2D eigenvalue weighted by molar-refractivity contribution is 7.10. The van der Waals surface area contributed by atoms with Gasteiger partial charge in [0.05, 0.1) is 5.02 Å². The van der Waals surface area contributed by atoms with Gasteiger partial charge in [0, 0.05) is 10.9 Å². The molecule has 0 aliphatic carbocycles. The summed E-state index contributed by atoms with van der Waals surface area (Å²) in [4.78, 5) is 1.08. The van der Waals surface area contributed by atoms with Crippen molar-refractivity contribution >= 4 is 22.9 Å². The summed E-state index contributed by atoms with van der Waals surface area (Å²) in [6.07, 6.45) is 1.81. The van der Waals surface area contributed by atoms with Gasteiger partial charge in [0.1, 0.15) is 0 Å². The molecule has 78 valence electrons. The fourth-order valence-electron chi connectivity index (χ4n) is 1.25. The third kappa shape index (κ3) is 2.59. The maximum atomic E-state index is 6.13. The number of nitrogens with two attached hydrogens (primary N) is 1. The van der Waals surface area contributed by atoms with Crippen LogP contribution in [0.4, 0.5) is 0 Å². The first-order chi connectivity index (χ1) is 6.56. The van der Waals surface area contributed by atoms with Crippen LogP contribution in [0.2, 0.25) is 5.02 Å². The Morgan fingerprint density at radius 3 is 2.79 bits per heavy atom. The molecule has 0 radical (unpaired) electrons. The molecule has 1 aromatic heterocycles. The van der Waals surface area contributed by atoms with E-state index in [-0.39, 0.29) is 6.04 Å². The summed E-state index contributed by atoms with van der Waals surface area (Å²) >= 11 is 7.77. The molecule has 0 aliphatic heterocycles. The molecule has 1 unspecified atom stereocenters. The lowest BCUT2D eigenvalue weighted by Gasteiger charge is -2.11. The second-order valence-corrected chi connectivity index (χ2v) is 4.80. The molecule has 0 aliphatic rings. The van der Waals surface area contributed by atoms with E-state index in [1.807, 2.05) is 12.3 Å². The van der Waals surface area contributed by atoms with Crippen LogP contribution in [0.5, 0.6) is 0 Å². The van der Waals surface area contributed by atoms with Gasteiger partial charge in [-0.25, -0.2) is 0 Å². The van der Waals surface area contributed by atoms with Gasteiger partial charge in [-0.1, -0.05) is 30.7 Å². The number of halogens is 1. The molecule has 0 fully saturated rings. The zero-order valence-corrected chi connectivity index (χ0v) is 10.2. The summed E-state index contributed by atoms with van der Waals surface area (Å²) in [6.45, 7) is 8.05. The molecule has 1 atom stereocenters. The van der Waals surface area contributed by atoms with Crippen LogP contribution in [0, 0.1) is 6.92 Å². The molecule has 0 saturated carbocycles. The Morgan fingerprint density at radius 2 is 2.36 bits per heavy atom. The Morgan fingerprint density at radius 1 is 1.71 bits per heavy atom. The highest BCUT2D eigenvalue weighted by Gasteiger charge is 2.14. The van der Waals surface area contributed by atoms with Crippen molar-refractivity contribution in [2.24, 2.45) is 5.73 Å². The number of hydrogen-bond donors (Lipinski definition) is 1. The van der Waals surface area contributed by atoms with Gasteiger partial charge in [0.25, 0.3) is 0 Å². The summed E-state index contributed by atoms with van der Waals surface area (Å²) in [5.74, 6) is 0. The van der Waals surface area contributed by atoms with E-state index in [0.717, 1.165) is 28.3 Å². The first kappa shape index (κ1) is 11.8. The Hall–Kier alpha value is -0.310. The summed E-state index contributed by atoms with van der Waals surface area (Å²) in [6, 6.07) is 0.00801. The minimum Gasteiger partial charge on any atom is -0.323 e. The van der Waals surface area contributed by atoms with Crippen molar-refractivity contribution in [2.45, 2.75) is 32.7 Å². The van der Waals surface area contributed by atoms with Crippen molar-refractivity contribution in [3.63, 3.8) is 0 Å². The lowest BCUT2D eigenvalue weighted by Crippen LogP contribution is -2.09. The smallest absolute Gasteiger partial charge is 0.0590 e. The Labute approximate surface area is 94.6 Å². The predicted octanol–water partition coefficient (Wildman–Crippen LogP) is 4.07. The molecule has 0 aromatic carbocycles. The summed E-state index contributed by atoms with van der Waals surface area (Å²) in [5.41, 5.74) is 8.35. The molecule has 1 heterocycles. The van der Waals surface area contributed by atoms with Crippen molar-refractivity contribution < 1.29 is 0 Å². The first-order valence-corrected chi connectivity index (χ1v) is 5.97. The highest BCUT2D eigenvalue weighted by atomic mass is 35.5. The topological polar surface area (TPSA) is 26.0 Å². The highest BCUT2D eigenvalue weighted by Crippen LogP contribution is 2.33. The fraction of sp³-hybridized carbons (Fsp3) is 0.455. The van der Waals surface area contributed by atoms with E-state index in [1.165, 1.54) is 5.57 Å². The molecule has 0 spiro atoms. The third-order valence-corrected chi connectivity index (χ3v) is 4.12. The number of aryl methyl sites for hydroxylation is 1. The van der Waals surface area contributed by atoms with E-state index in [4.69, 9.17) is 17.3 Å². The number of hydrogen-bond acceptors (Lipinski definition) is 2. The van der Waals surface area contributed by atoms with Crippen molar-refractivity contribution in [3.05, 3.63) is 33.0 Å². The third-order valence-electron chi connectivity index (χ3n) is 2.27. The lowest BCUT2D eigenvalue weighted by molar-refractivity contribution is 0.714. The first-order valence-electron chi connectivity index (χ1n) is 4.72. The summed E-state index contributed by atoms with van der Waals surface area (Å²) in [5, 5.41) is 2.87. The van der Waals surface area contributed by atoms with Crippen molar-refractivity contribution in [3.8, 4) is 0 Å². The summed E-state index contributed by atoms with van der Waals surface area (Å²) < 4.78 is 0. The standard InChI is InChI=1S/C11H16ClNS/c1-4-7(2)5-9(13)11-10(12)8(3)6-14-11/h6,9H,2,4-5,13H2,1,3H3. The second-order valence-electron chi connectivity index (χ2n) is 3.51. The van der Waals surface area contributed by atoms with Crippen LogP contribution in [0.25, 0.3) is 0 Å². The number of rotatable bonds is 4. The molecule has 14 heavy (non-hydrogen) atoms. The number of thiophene rings is 1. The average molecular weight is 230 g/mol. The van der Waals surface area contributed by atoms with E-state index in [2.05, 4.69) is 13.5 Å². The normalized spacial score (nSPS) is 12.9. The second kappa shape index (κ2) is 4.96. The Balaban J connectivity index is 2.74. The van der Waals surface area contributed by atoms with Gasteiger partial charge in [0.15, 0.2) is 0 Å². The zero-order valence-electron chi connectivity index (χ0n) is 8.64. The van der Waals surface area contributed by atoms with E-state index >= 15 is 0 Å². The SMILES string of the molecule is C=C(CC)CC(N)c1scc(C)c1Cl. The van der Waals surface area contributed by atoms with Gasteiger partial charge in [-0.2, -0.15) is 0 Å². The van der Waals surface area contributed by atoms with Crippen LogP contribution >= 0.6 is 22.9 Å². The van der Waals surface area contributed by atoms with Gasteiger partial charge in [-0.15, -0.1) is 11.3 Å². The van der Waals surface area contributed by atoms with Crippen LogP contribution in [-0.4, -0.2) is 0 Å². The zero-order chi connectivity index (χ0) is 10.7. The molecule has 1 nitrogen and oxygen atoms in total. The van der Waals surface area contributed by atoms with Gasteiger partial charge in [-0.3, -0.25) is 0 Å². The van der Waals surface area contributed by atoms with E-state index < -0.39 is 0 Å². The van der Waals surface area contributed by atoms with Crippen molar-refractivity contribution in [1.29, 1.82) is 0 Å². The molecule has 1 rings (SSSR count). The molecule has 1 aromatic rings. The minimum absolute atomic E-state index is 0.00801. The molecular weight excluding hydrogens is 214 g/mol.